The number of allylic oxidation sites excluding steroid dienone is 2. The van der Waals surface area contributed by atoms with E-state index in [1.165, 1.54) is 65.7 Å². The third-order valence-corrected chi connectivity index (χ3v) is 10.5. The lowest BCUT2D eigenvalue weighted by atomic mass is 9.88. The molecule has 0 fully saturated rings. The molecule has 1 heterocycles. The van der Waals surface area contributed by atoms with Gasteiger partial charge < -0.3 is 0 Å². The third kappa shape index (κ3) is 5.62. The van der Waals surface area contributed by atoms with Gasteiger partial charge in [-0.25, -0.2) is 9.97 Å². The minimum absolute atomic E-state index is 0.712. The molecule has 0 aliphatic heterocycles. The molecule has 1 aliphatic carbocycles. The summed E-state index contributed by atoms with van der Waals surface area (Å²) >= 11 is 0. The van der Waals surface area contributed by atoms with Gasteiger partial charge in [-0.3, -0.25) is 0 Å². The van der Waals surface area contributed by atoms with Crippen LogP contribution in [0, 0.1) is 0 Å². The third-order valence-electron chi connectivity index (χ3n) is 10.5. The van der Waals surface area contributed by atoms with Crippen LogP contribution in [0.2, 0.25) is 0 Å². The maximum absolute atomic E-state index is 5.26. The summed E-state index contributed by atoms with van der Waals surface area (Å²) in [5, 5.41) is 7.45. The Morgan fingerprint density at radius 3 is 1.87 bits per heavy atom. The van der Waals surface area contributed by atoms with Crippen LogP contribution in [0.4, 0.5) is 0 Å². The van der Waals surface area contributed by atoms with E-state index in [0.717, 1.165) is 34.5 Å². The van der Waals surface area contributed by atoms with Crippen LogP contribution in [0.5, 0.6) is 0 Å². The topological polar surface area (TPSA) is 25.8 Å². The molecule has 8 aromatic carbocycles. The first-order chi connectivity index (χ1) is 26.3. The number of hydrogen-bond donors (Lipinski definition) is 0. The van der Waals surface area contributed by atoms with Gasteiger partial charge >= 0.3 is 0 Å². The average Bonchev–Trinajstić information content (AvgIpc) is 3.46. The first-order valence-electron chi connectivity index (χ1n) is 18.2. The number of nitrogens with zero attached hydrogens (tertiary/aromatic N) is 2. The van der Waals surface area contributed by atoms with Crippen molar-refractivity contribution in [1.82, 2.24) is 9.97 Å². The lowest BCUT2D eigenvalue weighted by molar-refractivity contribution is 1.18. The Bertz CT molecular complexity index is 2900. The van der Waals surface area contributed by atoms with Gasteiger partial charge in [0.25, 0.3) is 0 Å². The van der Waals surface area contributed by atoms with Crippen molar-refractivity contribution in [2.24, 2.45) is 0 Å². The van der Waals surface area contributed by atoms with E-state index in [9.17, 15) is 0 Å². The van der Waals surface area contributed by atoms with Crippen LogP contribution >= 0.6 is 0 Å². The summed E-state index contributed by atoms with van der Waals surface area (Å²) in [7, 11) is 0. The molecule has 1 aromatic heterocycles. The monoisotopic (exact) mass is 674 g/mol. The molecule has 0 radical (unpaired) electrons. The van der Waals surface area contributed by atoms with Gasteiger partial charge in [0.1, 0.15) is 0 Å². The van der Waals surface area contributed by atoms with Crippen molar-refractivity contribution >= 4 is 44.0 Å². The van der Waals surface area contributed by atoms with Crippen LogP contribution in [0.15, 0.2) is 188 Å². The molecule has 2 nitrogen and oxygen atoms in total. The maximum Gasteiger partial charge on any atom is 0.160 e. The van der Waals surface area contributed by atoms with E-state index in [0.29, 0.717) is 5.82 Å². The molecule has 10 rings (SSSR count). The molecule has 248 valence electrons. The van der Waals surface area contributed by atoms with E-state index in [2.05, 4.69) is 176 Å². The zero-order valence-electron chi connectivity index (χ0n) is 29.1. The Labute approximate surface area is 309 Å². The van der Waals surface area contributed by atoms with Crippen LogP contribution < -0.4 is 0 Å². The summed E-state index contributed by atoms with van der Waals surface area (Å²) in [6.07, 6.45) is 7.68. The highest BCUT2D eigenvalue weighted by molar-refractivity contribution is 6.14. The summed E-state index contributed by atoms with van der Waals surface area (Å²) < 4.78 is 0. The van der Waals surface area contributed by atoms with Crippen molar-refractivity contribution in [3.05, 3.63) is 205 Å². The van der Waals surface area contributed by atoms with E-state index in [4.69, 9.17) is 9.97 Å². The molecule has 0 atom stereocenters. The first kappa shape index (κ1) is 30.9. The van der Waals surface area contributed by atoms with Gasteiger partial charge in [0.05, 0.1) is 11.4 Å². The fraction of sp³-hybridized carbons (Fsp3) is 0.0196. The van der Waals surface area contributed by atoms with Gasteiger partial charge in [0.2, 0.25) is 0 Å². The molecule has 0 unspecified atom stereocenters. The zero-order chi connectivity index (χ0) is 35.1. The minimum Gasteiger partial charge on any atom is -0.228 e. The van der Waals surface area contributed by atoms with E-state index < -0.39 is 0 Å². The van der Waals surface area contributed by atoms with Crippen LogP contribution in [0.25, 0.3) is 89.0 Å². The molecule has 53 heavy (non-hydrogen) atoms. The summed E-state index contributed by atoms with van der Waals surface area (Å²) in [5.41, 5.74) is 12.2. The second-order valence-corrected chi connectivity index (χ2v) is 13.7. The van der Waals surface area contributed by atoms with E-state index >= 15 is 0 Å². The standard InChI is InChI=1S/C51H34N2/c1-3-14-34(15-4-1)43-22-10-7-16-35-20-13-25-46(50(35)43)49-33-48(52-51(53-49)36-17-5-2-6-18-36)41-29-27-37-30-40(28-26-38(37)31-41)47-32-39-19-8-9-21-42(39)44-23-11-12-24-45(44)47/h1-9,11-33H,10H2. The predicted octanol–water partition coefficient (Wildman–Crippen LogP) is 13.5. The molecule has 1 aliphatic rings. The number of benzene rings is 8. The average molecular weight is 675 g/mol. The van der Waals surface area contributed by atoms with Crippen LogP contribution in [0.1, 0.15) is 23.1 Å². The van der Waals surface area contributed by atoms with Gasteiger partial charge in [-0.05, 0) is 96.4 Å². The SMILES string of the molecule is C1=Cc2cccc(-c3cc(-c4ccc5cc(-c6cc7ccccc7c7ccccc67)ccc5c4)nc(-c4ccccc4)n3)c2C(c2ccccc2)=CC1. The Balaban J connectivity index is 1.12. The largest absolute Gasteiger partial charge is 0.228 e. The van der Waals surface area contributed by atoms with E-state index in [-0.39, 0.29) is 0 Å². The van der Waals surface area contributed by atoms with E-state index in [1.54, 1.807) is 0 Å². The van der Waals surface area contributed by atoms with Crippen molar-refractivity contribution in [3.8, 4) is 45.0 Å². The highest BCUT2D eigenvalue weighted by atomic mass is 14.9. The summed E-state index contributed by atoms with van der Waals surface area (Å²) in [6.45, 7) is 0. The van der Waals surface area contributed by atoms with Crippen molar-refractivity contribution in [3.63, 3.8) is 0 Å². The molecule has 0 amide bonds. The summed E-state index contributed by atoms with van der Waals surface area (Å²) in [5.74, 6) is 0.712. The number of aromatic nitrogens is 2. The van der Waals surface area contributed by atoms with Crippen molar-refractivity contribution in [2.75, 3.05) is 0 Å². The summed E-state index contributed by atoms with van der Waals surface area (Å²) in [6, 6.07) is 63.0. The fourth-order valence-electron chi connectivity index (χ4n) is 7.90. The molecular formula is C51H34N2. The molecule has 9 aromatic rings. The molecule has 0 spiro atoms. The second-order valence-electron chi connectivity index (χ2n) is 13.7. The smallest absolute Gasteiger partial charge is 0.160 e. The van der Waals surface area contributed by atoms with Gasteiger partial charge in [-0.15, -0.1) is 0 Å². The van der Waals surface area contributed by atoms with Gasteiger partial charge in [0, 0.05) is 16.7 Å². The van der Waals surface area contributed by atoms with Gasteiger partial charge in [-0.2, -0.15) is 0 Å². The van der Waals surface area contributed by atoms with Crippen LogP contribution in [-0.4, -0.2) is 9.97 Å². The van der Waals surface area contributed by atoms with Crippen molar-refractivity contribution < 1.29 is 0 Å². The lowest BCUT2D eigenvalue weighted by Gasteiger charge is -2.17. The minimum atomic E-state index is 0.712. The second kappa shape index (κ2) is 13.0. The Kier molecular flexibility index (Phi) is 7.58. The molecule has 0 saturated heterocycles. The Hall–Kier alpha value is -6.90. The molecule has 0 saturated carbocycles. The highest BCUT2D eigenvalue weighted by Gasteiger charge is 2.19. The van der Waals surface area contributed by atoms with Crippen LogP contribution in [-0.2, 0) is 0 Å². The molecule has 0 bridgehead atoms. The highest BCUT2D eigenvalue weighted by Crippen LogP contribution is 2.40. The number of rotatable bonds is 5. The van der Waals surface area contributed by atoms with E-state index in [1.807, 2.05) is 18.2 Å². The first-order valence-corrected chi connectivity index (χ1v) is 18.2. The van der Waals surface area contributed by atoms with Gasteiger partial charge in [0.15, 0.2) is 5.82 Å². The fourth-order valence-corrected chi connectivity index (χ4v) is 7.90. The van der Waals surface area contributed by atoms with Crippen molar-refractivity contribution in [2.45, 2.75) is 6.42 Å². The Morgan fingerprint density at radius 2 is 1.06 bits per heavy atom. The Morgan fingerprint density at radius 1 is 0.396 bits per heavy atom. The quantitative estimate of drug-likeness (QED) is 0.170. The molecular weight excluding hydrogens is 641 g/mol. The molecule has 2 heteroatoms. The normalized spacial score (nSPS) is 12.5. The van der Waals surface area contributed by atoms with Crippen molar-refractivity contribution in [1.29, 1.82) is 0 Å². The maximum atomic E-state index is 5.26. The molecule has 0 N–H and O–H groups in total. The lowest BCUT2D eigenvalue weighted by Crippen LogP contribution is -2.00. The summed E-state index contributed by atoms with van der Waals surface area (Å²) in [4.78, 5) is 10.5. The zero-order valence-corrected chi connectivity index (χ0v) is 29.1. The predicted molar refractivity (Wildman–Crippen MR) is 223 cm³/mol. The number of fused-ring (bicyclic) bond motifs is 5. The van der Waals surface area contributed by atoms with Gasteiger partial charge in [-0.1, -0.05) is 170 Å². The van der Waals surface area contributed by atoms with Crippen LogP contribution in [0.3, 0.4) is 0 Å². The number of hydrogen-bond acceptors (Lipinski definition) is 2.